The van der Waals surface area contributed by atoms with Gasteiger partial charge in [-0.2, -0.15) is 0 Å². The van der Waals surface area contributed by atoms with Crippen LogP contribution in [0.3, 0.4) is 0 Å². The van der Waals surface area contributed by atoms with Crippen molar-refractivity contribution >= 4 is 29.2 Å². The van der Waals surface area contributed by atoms with Gasteiger partial charge in [0, 0.05) is 23.2 Å². The van der Waals surface area contributed by atoms with E-state index in [1.54, 1.807) is 0 Å². The third-order valence-corrected chi connectivity index (χ3v) is 5.03. The first kappa shape index (κ1) is 20.2. The van der Waals surface area contributed by atoms with E-state index in [4.69, 9.17) is 11.6 Å². The van der Waals surface area contributed by atoms with Crippen LogP contribution < -0.4 is 16.0 Å². The number of halogens is 1. The van der Waals surface area contributed by atoms with Gasteiger partial charge in [0.1, 0.15) is 0 Å². The second kappa shape index (κ2) is 9.11. The molecule has 1 aliphatic carbocycles. The van der Waals surface area contributed by atoms with Crippen molar-refractivity contribution in [2.75, 3.05) is 5.32 Å². The van der Waals surface area contributed by atoms with Gasteiger partial charge in [-0.05, 0) is 54.2 Å². The molecule has 1 saturated carbocycles. The van der Waals surface area contributed by atoms with Crippen LogP contribution in [0.5, 0.6) is 0 Å². The molecule has 2 aromatic rings. The van der Waals surface area contributed by atoms with Crippen LogP contribution in [0.15, 0.2) is 48.5 Å². The molecule has 3 N–H and O–H groups in total. The van der Waals surface area contributed by atoms with Gasteiger partial charge in [-0.15, -0.1) is 0 Å². The summed E-state index contributed by atoms with van der Waals surface area (Å²) in [5, 5.41) is 9.52. The summed E-state index contributed by atoms with van der Waals surface area (Å²) < 4.78 is 0. The van der Waals surface area contributed by atoms with Gasteiger partial charge < -0.3 is 16.0 Å². The van der Waals surface area contributed by atoms with Crippen LogP contribution in [0.2, 0.25) is 5.02 Å². The van der Waals surface area contributed by atoms with Crippen LogP contribution in [0.1, 0.15) is 43.9 Å². The number of urea groups is 1. The van der Waals surface area contributed by atoms with Crippen LogP contribution in [-0.2, 0) is 11.3 Å². The van der Waals surface area contributed by atoms with Crippen molar-refractivity contribution in [3.05, 3.63) is 64.7 Å². The Morgan fingerprint density at radius 1 is 1.11 bits per heavy atom. The molecule has 0 aliphatic heterocycles. The van der Waals surface area contributed by atoms with E-state index in [1.807, 2.05) is 48.5 Å². The summed E-state index contributed by atoms with van der Waals surface area (Å²) in [6.07, 6.45) is 1.94. The fourth-order valence-electron chi connectivity index (χ4n) is 3.03. The molecular formula is C22H26ClN3O2. The Hall–Kier alpha value is -2.53. The summed E-state index contributed by atoms with van der Waals surface area (Å²) in [4.78, 5) is 24.3. The first-order valence-corrected chi connectivity index (χ1v) is 10.00. The molecule has 0 spiro atoms. The monoisotopic (exact) mass is 399 g/mol. The number of hydrogen-bond donors (Lipinski definition) is 3. The Morgan fingerprint density at radius 3 is 2.46 bits per heavy atom. The molecule has 1 fully saturated rings. The maximum absolute atomic E-state index is 12.4. The Labute approximate surface area is 170 Å². The lowest BCUT2D eigenvalue weighted by molar-refractivity contribution is -0.117. The van der Waals surface area contributed by atoms with Gasteiger partial charge in [0.05, 0.1) is 6.04 Å². The van der Waals surface area contributed by atoms with Gasteiger partial charge in [-0.25, -0.2) is 4.79 Å². The first-order chi connectivity index (χ1) is 13.4. The largest absolute Gasteiger partial charge is 0.334 e. The molecule has 1 aliphatic rings. The topological polar surface area (TPSA) is 70.2 Å². The van der Waals surface area contributed by atoms with Gasteiger partial charge in [0.15, 0.2) is 0 Å². The van der Waals surface area contributed by atoms with Crippen LogP contribution in [0.4, 0.5) is 10.5 Å². The molecule has 3 rings (SSSR count). The number of benzene rings is 2. The quantitative estimate of drug-likeness (QED) is 0.620. The van der Waals surface area contributed by atoms with E-state index < -0.39 is 0 Å². The van der Waals surface area contributed by atoms with Crippen molar-refractivity contribution in [3.8, 4) is 0 Å². The summed E-state index contributed by atoms with van der Waals surface area (Å²) in [5.41, 5.74) is 2.70. The van der Waals surface area contributed by atoms with Crippen molar-refractivity contribution in [2.45, 2.75) is 39.3 Å². The molecule has 3 amide bonds. The molecule has 2 aromatic carbocycles. The molecule has 0 radical (unpaired) electrons. The molecule has 0 bridgehead atoms. The maximum atomic E-state index is 12.4. The minimum absolute atomic E-state index is 0.0746. The zero-order valence-electron chi connectivity index (χ0n) is 16.2. The van der Waals surface area contributed by atoms with E-state index in [1.165, 1.54) is 0 Å². The van der Waals surface area contributed by atoms with Crippen molar-refractivity contribution in [1.82, 2.24) is 10.6 Å². The lowest BCUT2D eigenvalue weighted by Crippen LogP contribution is -2.39. The van der Waals surface area contributed by atoms with Crippen LogP contribution in [0.25, 0.3) is 0 Å². The zero-order valence-corrected chi connectivity index (χ0v) is 16.9. The highest BCUT2D eigenvalue weighted by atomic mass is 35.5. The predicted octanol–water partition coefficient (Wildman–Crippen LogP) is 4.89. The number of hydrogen-bond acceptors (Lipinski definition) is 2. The van der Waals surface area contributed by atoms with E-state index in [0.29, 0.717) is 11.6 Å². The summed E-state index contributed by atoms with van der Waals surface area (Å²) in [6, 6.07) is 14.7. The van der Waals surface area contributed by atoms with E-state index in [-0.39, 0.29) is 29.8 Å². The van der Waals surface area contributed by atoms with Gasteiger partial charge in [-0.1, -0.05) is 49.7 Å². The standard InChI is InChI=1S/C22H26ClN3O2/c1-14(2)20(16-8-10-18(23)11-9-16)26-22(28)24-13-15-4-3-5-19(12-15)25-21(27)17-6-7-17/h3-5,8-12,14,17,20H,6-7,13H2,1-2H3,(H,25,27)(H2,24,26,28). The van der Waals surface area contributed by atoms with Gasteiger partial charge >= 0.3 is 6.03 Å². The van der Waals surface area contributed by atoms with Gasteiger partial charge in [0.2, 0.25) is 5.91 Å². The Kier molecular flexibility index (Phi) is 6.57. The van der Waals surface area contributed by atoms with E-state index in [2.05, 4.69) is 29.8 Å². The summed E-state index contributed by atoms with van der Waals surface area (Å²) in [5.74, 6) is 0.465. The minimum Gasteiger partial charge on any atom is -0.334 e. The predicted molar refractivity (Wildman–Crippen MR) is 112 cm³/mol. The summed E-state index contributed by atoms with van der Waals surface area (Å²) >= 11 is 5.96. The van der Waals surface area contributed by atoms with Crippen molar-refractivity contribution in [2.24, 2.45) is 11.8 Å². The van der Waals surface area contributed by atoms with Crippen LogP contribution in [-0.4, -0.2) is 11.9 Å². The third kappa shape index (κ3) is 5.73. The second-order valence-corrected chi connectivity index (χ2v) is 8.00. The first-order valence-electron chi connectivity index (χ1n) is 9.62. The number of anilines is 1. The molecule has 0 heterocycles. The Balaban J connectivity index is 1.55. The van der Waals surface area contributed by atoms with Crippen LogP contribution >= 0.6 is 11.6 Å². The number of rotatable bonds is 7. The molecular weight excluding hydrogens is 374 g/mol. The minimum atomic E-state index is -0.235. The van der Waals surface area contributed by atoms with Crippen molar-refractivity contribution in [1.29, 1.82) is 0 Å². The van der Waals surface area contributed by atoms with Crippen molar-refractivity contribution in [3.63, 3.8) is 0 Å². The Bertz CT molecular complexity index is 832. The molecule has 0 aromatic heterocycles. The average Bonchev–Trinajstić information content (AvgIpc) is 3.51. The highest BCUT2D eigenvalue weighted by Gasteiger charge is 2.29. The smallest absolute Gasteiger partial charge is 0.315 e. The second-order valence-electron chi connectivity index (χ2n) is 7.56. The number of nitrogens with one attached hydrogen (secondary N) is 3. The fourth-order valence-corrected chi connectivity index (χ4v) is 3.15. The zero-order chi connectivity index (χ0) is 20.1. The number of amides is 3. The average molecular weight is 400 g/mol. The molecule has 1 unspecified atom stereocenters. The number of carbonyl (C=O) groups is 2. The van der Waals surface area contributed by atoms with Crippen LogP contribution in [0, 0.1) is 11.8 Å². The fraction of sp³-hybridized carbons (Fsp3) is 0.364. The normalized spacial score (nSPS) is 14.4. The summed E-state index contributed by atoms with van der Waals surface area (Å²) in [6.45, 7) is 4.50. The lowest BCUT2D eigenvalue weighted by Gasteiger charge is -2.23. The molecule has 5 nitrogen and oxygen atoms in total. The molecule has 6 heteroatoms. The lowest BCUT2D eigenvalue weighted by atomic mass is 9.96. The van der Waals surface area contributed by atoms with E-state index in [9.17, 15) is 9.59 Å². The molecule has 0 saturated heterocycles. The van der Waals surface area contributed by atoms with Gasteiger partial charge in [-0.3, -0.25) is 4.79 Å². The van der Waals surface area contributed by atoms with Crippen molar-refractivity contribution < 1.29 is 9.59 Å². The van der Waals surface area contributed by atoms with Gasteiger partial charge in [0.25, 0.3) is 0 Å². The molecule has 148 valence electrons. The number of carbonyl (C=O) groups excluding carboxylic acids is 2. The Morgan fingerprint density at radius 2 is 1.82 bits per heavy atom. The maximum Gasteiger partial charge on any atom is 0.315 e. The van der Waals surface area contributed by atoms with E-state index in [0.717, 1.165) is 29.7 Å². The highest BCUT2D eigenvalue weighted by molar-refractivity contribution is 6.30. The molecule has 28 heavy (non-hydrogen) atoms. The molecule has 1 atom stereocenters. The van der Waals surface area contributed by atoms with E-state index >= 15 is 0 Å². The third-order valence-electron chi connectivity index (χ3n) is 4.78. The SMILES string of the molecule is CC(C)C(NC(=O)NCc1cccc(NC(=O)C2CC2)c1)c1ccc(Cl)cc1. The highest BCUT2D eigenvalue weighted by Crippen LogP contribution is 2.30. The summed E-state index contributed by atoms with van der Waals surface area (Å²) in [7, 11) is 0.